The van der Waals surface area contributed by atoms with E-state index < -0.39 is 0 Å². The molecule has 0 amide bonds. The molecule has 4 aromatic rings. The number of aromatic nitrogens is 5. The van der Waals surface area contributed by atoms with E-state index in [9.17, 15) is 0 Å². The number of ether oxygens (including phenoxy) is 1. The van der Waals surface area contributed by atoms with Crippen molar-refractivity contribution >= 4 is 11.8 Å². The van der Waals surface area contributed by atoms with Gasteiger partial charge in [0.2, 0.25) is 16.9 Å². The van der Waals surface area contributed by atoms with Crippen LogP contribution in [0.5, 0.6) is 5.75 Å². The van der Waals surface area contributed by atoms with Crippen LogP contribution in [0.4, 0.5) is 0 Å². The molecule has 1 aliphatic carbocycles. The van der Waals surface area contributed by atoms with E-state index >= 15 is 0 Å². The molecule has 0 spiro atoms. The van der Waals surface area contributed by atoms with E-state index in [1.54, 1.807) is 7.11 Å². The van der Waals surface area contributed by atoms with Crippen molar-refractivity contribution in [1.29, 1.82) is 0 Å². The predicted octanol–water partition coefficient (Wildman–Crippen LogP) is 5.06. The summed E-state index contributed by atoms with van der Waals surface area (Å²) in [6, 6.07) is 17.7. The van der Waals surface area contributed by atoms with E-state index in [-0.39, 0.29) is 5.25 Å². The molecule has 152 valence electrons. The van der Waals surface area contributed by atoms with Crippen molar-refractivity contribution < 1.29 is 9.15 Å². The molecule has 1 unspecified atom stereocenters. The number of methoxy groups -OCH3 is 1. The summed E-state index contributed by atoms with van der Waals surface area (Å²) < 4.78 is 13.1. The third kappa shape index (κ3) is 3.82. The Bertz CT molecular complexity index is 1140. The van der Waals surface area contributed by atoms with Gasteiger partial charge in [0.1, 0.15) is 11.6 Å². The van der Waals surface area contributed by atoms with E-state index in [0.717, 1.165) is 28.0 Å². The summed E-state index contributed by atoms with van der Waals surface area (Å²) in [5.41, 5.74) is 1.89. The molecule has 0 N–H and O–H groups in total. The van der Waals surface area contributed by atoms with Crippen LogP contribution in [-0.2, 0) is 0 Å². The lowest BCUT2D eigenvalue weighted by Gasteiger charge is -2.04. The van der Waals surface area contributed by atoms with E-state index in [2.05, 4.69) is 22.3 Å². The first-order valence-corrected chi connectivity index (χ1v) is 10.8. The van der Waals surface area contributed by atoms with Gasteiger partial charge in [-0.2, -0.15) is 0 Å². The van der Waals surface area contributed by atoms with E-state index in [1.165, 1.54) is 24.6 Å². The van der Waals surface area contributed by atoms with Crippen LogP contribution >= 0.6 is 11.8 Å². The molecule has 1 fully saturated rings. The zero-order valence-electron chi connectivity index (χ0n) is 16.7. The topological polar surface area (TPSA) is 78.9 Å². The van der Waals surface area contributed by atoms with Gasteiger partial charge in [-0.1, -0.05) is 30.0 Å². The first-order chi connectivity index (χ1) is 14.7. The number of hydrogen-bond acceptors (Lipinski definition) is 7. The number of benzene rings is 2. The molecule has 7 nitrogen and oxygen atoms in total. The van der Waals surface area contributed by atoms with Crippen molar-refractivity contribution in [2.24, 2.45) is 0 Å². The normalized spacial score (nSPS) is 14.6. The monoisotopic (exact) mass is 419 g/mol. The quantitative estimate of drug-likeness (QED) is 0.388. The Kier molecular flexibility index (Phi) is 5.00. The van der Waals surface area contributed by atoms with Crippen LogP contribution in [0.1, 0.15) is 42.6 Å². The molecule has 0 saturated heterocycles. The van der Waals surface area contributed by atoms with Crippen molar-refractivity contribution in [3.63, 3.8) is 0 Å². The fourth-order valence-electron chi connectivity index (χ4n) is 3.18. The molecule has 0 radical (unpaired) electrons. The van der Waals surface area contributed by atoms with Crippen molar-refractivity contribution in [2.45, 2.75) is 36.1 Å². The summed E-state index contributed by atoms with van der Waals surface area (Å²) in [6.07, 6.45) is 2.33. The molecular weight excluding hydrogens is 398 g/mol. The summed E-state index contributed by atoms with van der Waals surface area (Å²) >= 11 is 1.53. The minimum atomic E-state index is -0.0665. The van der Waals surface area contributed by atoms with Crippen LogP contribution in [0, 0.1) is 0 Å². The Hall–Kier alpha value is -3.13. The van der Waals surface area contributed by atoms with Gasteiger partial charge in [-0.15, -0.1) is 15.3 Å². The maximum Gasteiger partial charge on any atom is 0.247 e. The third-order valence-corrected chi connectivity index (χ3v) is 5.90. The summed E-state index contributed by atoms with van der Waals surface area (Å²) in [6.45, 7) is 2.02. The first kappa shape index (κ1) is 18.9. The zero-order chi connectivity index (χ0) is 20.5. The molecule has 0 aliphatic heterocycles. The van der Waals surface area contributed by atoms with Gasteiger partial charge in [0.25, 0.3) is 0 Å². The number of hydrogen-bond donors (Lipinski definition) is 0. The minimum absolute atomic E-state index is 0.0665. The predicted molar refractivity (Wildman–Crippen MR) is 114 cm³/mol. The number of nitrogens with zero attached hydrogens (tertiary/aromatic N) is 5. The fraction of sp³-hybridized carbons (Fsp3) is 0.273. The SMILES string of the molecule is COc1ccc(-c2nnc(C(C)Sc3nc(C4CC4)n(-c4ccccc4)n3)o2)cc1. The third-order valence-electron chi connectivity index (χ3n) is 4.96. The van der Waals surface area contributed by atoms with Gasteiger partial charge in [-0.05, 0) is 56.2 Å². The van der Waals surface area contributed by atoms with Crippen molar-refractivity contribution in [1.82, 2.24) is 25.0 Å². The molecule has 2 aromatic heterocycles. The van der Waals surface area contributed by atoms with Gasteiger partial charge in [0, 0.05) is 11.5 Å². The van der Waals surface area contributed by atoms with Crippen molar-refractivity contribution in [3.05, 3.63) is 66.3 Å². The standard InChI is InChI=1S/C22H21N5O2S/c1-14(20-24-25-21(29-20)16-10-12-18(28-2)13-11-16)30-22-23-19(15-8-9-15)27(26-22)17-6-4-3-5-7-17/h3-7,10-15H,8-9H2,1-2H3. The maximum absolute atomic E-state index is 5.91. The van der Waals surface area contributed by atoms with Crippen LogP contribution in [0.15, 0.2) is 64.2 Å². The second kappa shape index (κ2) is 7.95. The average molecular weight is 420 g/mol. The van der Waals surface area contributed by atoms with E-state index in [1.807, 2.05) is 54.1 Å². The zero-order valence-corrected chi connectivity index (χ0v) is 17.5. The second-order valence-electron chi connectivity index (χ2n) is 7.21. The van der Waals surface area contributed by atoms with Crippen LogP contribution in [-0.4, -0.2) is 32.1 Å². The van der Waals surface area contributed by atoms with Crippen LogP contribution in [0.2, 0.25) is 0 Å². The molecule has 30 heavy (non-hydrogen) atoms. The molecule has 1 atom stereocenters. The molecule has 8 heteroatoms. The lowest BCUT2D eigenvalue weighted by molar-refractivity contribution is 0.415. The van der Waals surface area contributed by atoms with Gasteiger partial charge in [-0.25, -0.2) is 9.67 Å². The van der Waals surface area contributed by atoms with Gasteiger partial charge in [0.05, 0.1) is 18.0 Å². The summed E-state index contributed by atoms with van der Waals surface area (Å²) in [5.74, 6) is 3.35. The van der Waals surface area contributed by atoms with Gasteiger partial charge in [0.15, 0.2) is 0 Å². The first-order valence-electron chi connectivity index (χ1n) is 9.88. The summed E-state index contributed by atoms with van der Waals surface area (Å²) in [7, 11) is 1.64. The van der Waals surface area contributed by atoms with Crippen LogP contribution in [0.3, 0.4) is 0 Å². The number of rotatable bonds is 7. The second-order valence-corrected chi connectivity index (χ2v) is 8.52. The maximum atomic E-state index is 5.91. The Balaban J connectivity index is 1.35. The Morgan fingerprint density at radius 3 is 2.53 bits per heavy atom. The number of thioether (sulfide) groups is 1. The molecule has 2 heterocycles. The van der Waals surface area contributed by atoms with Gasteiger partial charge < -0.3 is 9.15 Å². The Labute approximate surface area is 178 Å². The van der Waals surface area contributed by atoms with Crippen LogP contribution < -0.4 is 4.74 Å². The lowest BCUT2D eigenvalue weighted by atomic mass is 10.2. The smallest absolute Gasteiger partial charge is 0.247 e. The Morgan fingerprint density at radius 2 is 1.83 bits per heavy atom. The highest BCUT2D eigenvalue weighted by Gasteiger charge is 2.31. The summed E-state index contributed by atoms with van der Waals surface area (Å²) in [5, 5.41) is 13.8. The van der Waals surface area contributed by atoms with Crippen molar-refractivity contribution in [3.8, 4) is 22.9 Å². The minimum Gasteiger partial charge on any atom is -0.497 e. The van der Waals surface area contributed by atoms with E-state index in [0.29, 0.717) is 17.7 Å². The highest BCUT2D eigenvalue weighted by Crippen LogP contribution is 2.42. The average Bonchev–Trinajstić information content (AvgIpc) is 3.36. The van der Waals surface area contributed by atoms with Crippen molar-refractivity contribution in [2.75, 3.05) is 7.11 Å². The molecule has 0 bridgehead atoms. The highest BCUT2D eigenvalue weighted by molar-refractivity contribution is 7.99. The van der Waals surface area contributed by atoms with Crippen LogP contribution in [0.25, 0.3) is 17.1 Å². The van der Waals surface area contributed by atoms with Gasteiger partial charge in [-0.3, -0.25) is 0 Å². The van der Waals surface area contributed by atoms with E-state index in [4.69, 9.17) is 19.2 Å². The molecule has 2 aromatic carbocycles. The number of para-hydroxylation sites is 1. The highest BCUT2D eigenvalue weighted by atomic mass is 32.2. The largest absolute Gasteiger partial charge is 0.497 e. The van der Waals surface area contributed by atoms with Gasteiger partial charge >= 0.3 is 0 Å². The molecule has 1 saturated carbocycles. The summed E-state index contributed by atoms with van der Waals surface area (Å²) in [4.78, 5) is 4.81. The molecular formula is C22H21N5O2S. The molecule has 1 aliphatic rings. The lowest BCUT2D eigenvalue weighted by Crippen LogP contribution is -2.01. The molecule has 5 rings (SSSR count). The fourth-order valence-corrected chi connectivity index (χ4v) is 3.96. The Morgan fingerprint density at radius 1 is 1.07 bits per heavy atom.